The average molecular weight is 410 g/mol. The average Bonchev–Trinajstić information content (AvgIpc) is 3.05. The van der Waals surface area contributed by atoms with Crippen LogP contribution < -0.4 is 5.32 Å². The Kier molecular flexibility index (Phi) is 6.35. The third-order valence-corrected chi connectivity index (χ3v) is 6.12. The Hall–Kier alpha value is -3.11. The summed E-state index contributed by atoms with van der Waals surface area (Å²) in [4.78, 5) is 27.0. The van der Waals surface area contributed by atoms with Crippen LogP contribution in [0.5, 0.6) is 0 Å². The predicted octanol–water partition coefficient (Wildman–Crippen LogP) is 4.40. The topological polar surface area (TPSA) is 82.4 Å². The smallest absolute Gasteiger partial charge is 0.410 e. The lowest BCUT2D eigenvalue weighted by Crippen LogP contribution is -2.35. The molecule has 1 aromatic heterocycles. The van der Waals surface area contributed by atoms with Gasteiger partial charge in [-0.1, -0.05) is 18.2 Å². The molecule has 0 aliphatic carbocycles. The number of ether oxygens (including phenoxy) is 1. The number of nitriles is 1. The van der Waals surface area contributed by atoms with Gasteiger partial charge in [-0.2, -0.15) is 5.26 Å². The third kappa shape index (κ3) is 4.49. The molecule has 150 valence electrons. The SMILES string of the molecule is CCOC(=O)N1CCc2c(sc(NC(=O)/C=C/c3cccc(C)c3C)c2C#N)C1. The molecule has 0 atom stereocenters. The van der Waals surface area contributed by atoms with Crippen LogP contribution in [-0.2, 0) is 22.5 Å². The number of hydrogen-bond acceptors (Lipinski definition) is 5. The summed E-state index contributed by atoms with van der Waals surface area (Å²) in [5.41, 5.74) is 4.67. The minimum atomic E-state index is -0.355. The number of anilines is 1. The molecule has 0 spiro atoms. The first-order valence-corrected chi connectivity index (χ1v) is 10.3. The monoisotopic (exact) mass is 409 g/mol. The van der Waals surface area contributed by atoms with Crippen molar-refractivity contribution in [2.75, 3.05) is 18.5 Å². The standard InChI is InChI=1S/C22H23N3O3S/c1-4-28-22(27)25-11-10-17-18(12-23)21(29-19(17)13-25)24-20(26)9-8-16-7-5-6-14(2)15(16)3/h5-9H,4,10-11,13H2,1-3H3,(H,24,26)/b9-8+. The fourth-order valence-corrected chi connectivity index (χ4v) is 4.47. The number of nitrogens with one attached hydrogen (secondary N) is 1. The molecule has 0 fully saturated rings. The van der Waals surface area contributed by atoms with E-state index >= 15 is 0 Å². The largest absolute Gasteiger partial charge is 0.450 e. The van der Waals surface area contributed by atoms with Crippen molar-refractivity contribution >= 4 is 34.4 Å². The van der Waals surface area contributed by atoms with Gasteiger partial charge in [-0.25, -0.2) is 4.79 Å². The van der Waals surface area contributed by atoms with E-state index in [1.54, 1.807) is 17.9 Å². The molecular formula is C22H23N3O3S. The highest BCUT2D eigenvalue weighted by Gasteiger charge is 2.27. The van der Waals surface area contributed by atoms with E-state index in [9.17, 15) is 14.9 Å². The molecule has 6 nitrogen and oxygen atoms in total. The quantitative estimate of drug-likeness (QED) is 0.759. The molecule has 0 saturated heterocycles. The number of hydrogen-bond donors (Lipinski definition) is 1. The number of amides is 2. The number of carbonyl (C=O) groups is 2. The fourth-order valence-electron chi connectivity index (χ4n) is 3.25. The van der Waals surface area contributed by atoms with Crippen molar-refractivity contribution in [1.82, 2.24) is 4.90 Å². The molecule has 1 aromatic carbocycles. The van der Waals surface area contributed by atoms with Crippen LogP contribution in [0.3, 0.4) is 0 Å². The first-order valence-electron chi connectivity index (χ1n) is 9.46. The van der Waals surface area contributed by atoms with E-state index < -0.39 is 0 Å². The van der Waals surface area contributed by atoms with Crippen LogP contribution >= 0.6 is 11.3 Å². The van der Waals surface area contributed by atoms with Gasteiger partial charge in [-0.15, -0.1) is 11.3 Å². The van der Waals surface area contributed by atoms with Gasteiger partial charge in [-0.05, 0) is 55.5 Å². The Balaban J connectivity index is 1.76. The van der Waals surface area contributed by atoms with Gasteiger partial charge in [0.25, 0.3) is 0 Å². The second-order valence-electron chi connectivity index (χ2n) is 6.80. The lowest BCUT2D eigenvalue weighted by Gasteiger charge is -2.25. The molecule has 2 heterocycles. The predicted molar refractivity (Wildman–Crippen MR) is 114 cm³/mol. The molecule has 0 radical (unpaired) electrons. The van der Waals surface area contributed by atoms with Crippen LogP contribution in [0.2, 0.25) is 0 Å². The van der Waals surface area contributed by atoms with Gasteiger partial charge >= 0.3 is 6.09 Å². The van der Waals surface area contributed by atoms with Gasteiger partial charge in [0, 0.05) is 17.5 Å². The molecule has 0 bridgehead atoms. The summed E-state index contributed by atoms with van der Waals surface area (Å²) in [5, 5.41) is 12.9. The number of benzene rings is 1. The number of rotatable bonds is 4. The van der Waals surface area contributed by atoms with E-state index in [1.165, 1.54) is 17.4 Å². The van der Waals surface area contributed by atoms with Gasteiger partial charge in [0.15, 0.2) is 0 Å². The van der Waals surface area contributed by atoms with Gasteiger partial charge < -0.3 is 15.0 Å². The summed E-state index contributed by atoms with van der Waals surface area (Å²) >= 11 is 1.34. The van der Waals surface area contributed by atoms with Crippen molar-refractivity contribution in [1.29, 1.82) is 5.26 Å². The summed E-state index contributed by atoms with van der Waals surface area (Å²) in [6.07, 6.45) is 3.47. The first-order chi connectivity index (χ1) is 13.9. The Labute approximate surface area is 174 Å². The zero-order chi connectivity index (χ0) is 21.0. The Morgan fingerprint density at radius 3 is 2.90 bits per heavy atom. The summed E-state index contributed by atoms with van der Waals surface area (Å²) in [5.74, 6) is -0.289. The van der Waals surface area contributed by atoms with E-state index in [0.29, 0.717) is 36.7 Å². The number of fused-ring (bicyclic) bond motifs is 1. The van der Waals surface area contributed by atoms with E-state index in [1.807, 2.05) is 32.0 Å². The van der Waals surface area contributed by atoms with Crippen molar-refractivity contribution < 1.29 is 14.3 Å². The second-order valence-corrected chi connectivity index (χ2v) is 7.91. The summed E-state index contributed by atoms with van der Waals surface area (Å²) in [6, 6.07) is 8.15. The molecule has 0 unspecified atom stereocenters. The van der Waals surface area contributed by atoms with Crippen molar-refractivity contribution in [3.05, 3.63) is 57.0 Å². The maximum Gasteiger partial charge on any atom is 0.410 e. The fraction of sp³-hybridized carbons (Fsp3) is 0.318. The normalized spacial score (nSPS) is 13.1. The van der Waals surface area contributed by atoms with E-state index in [4.69, 9.17) is 4.74 Å². The van der Waals surface area contributed by atoms with E-state index in [-0.39, 0.29) is 12.0 Å². The van der Waals surface area contributed by atoms with Crippen LogP contribution in [0.15, 0.2) is 24.3 Å². The zero-order valence-corrected chi connectivity index (χ0v) is 17.6. The Morgan fingerprint density at radius 1 is 1.38 bits per heavy atom. The molecule has 1 aliphatic rings. The molecular weight excluding hydrogens is 386 g/mol. The molecule has 7 heteroatoms. The number of carbonyl (C=O) groups excluding carboxylic acids is 2. The van der Waals surface area contributed by atoms with Gasteiger partial charge in [0.2, 0.25) is 5.91 Å². The van der Waals surface area contributed by atoms with Crippen LogP contribution in [0.1, 0.15) is 39.6 Å². The summed E-state index contributed by atoms with van der Waals surface area (Å²) in [7, 11) is 0. The highest BCUT2D eigenvalue weighted by molar-refractivity contribution is 7.16. The molecule has 0 saturated carbocycles. The molecule has 1 N–H and O–H groups in total. The minimum Gasteiger partial charge on any atom is -0.450 e. The van der Waals surface area contributed by atoms with Crippen LogP contribution in [0.4, 0.5) is 9.80 Å². The van der Waals surface area contributed by atoms with Crippen molar-refractivity contribution in [3.63, 3.8) is 0 Å². The third-order valence-electron chi connectivity index (χ3n) is 4.99. The van der Waals surface area contributed by atoms with Crippen molar-refractivity contribution in [2.45, 2.75) is 33.7 Å². The summed E-state index contributed by atoms with van der Waals surface area (Å²) < 4.78 is 5.06. The highest BCUT2D eigenvalue weighted by Crippen LogP contribution is 2.36. The van der Waals surface area contributed by atoms with E-state index in [2.05, 4.69) is 11.4 Å². The maximum absolute atomic E-state index is 12.4. The lowest BCUT2D eigenvalue weighted by molar-refractivity contribution is -0.111. The number of aryl methyl sites for hydroxylation is 1. The molecule has 29 heavy (non-hydrogen) atoms. The number of thiophene rings is 1. The van der Waals surface area contributed by atoms with Crippen LogP contribution in [0, 0.1) is 25.2 Å². The van der Waals surface area contributed by atoms with Gasteiger partial charge in [-0.3, -0.25) is 4.79 Å². The maximum atomic E-state index is 12.4. The molecule has 2 amide bonds. The summed E-state index contributed by atoms with van der Waals surface area (Å²) in [6.45, 7) is 7.03. The highest BCUT2D eigenvalue weighted by atomic mass is 32.1. The number of nitrogens with zero attached hydrogens (tertiary/aromatic N) is 2. The van der Waals surface area contributed by atoms with Gasteiger partial charge in [0.05, 0.1) is 18.7 Å². The second kappa shape index (κ2) is 8.93. The molecule has 3 rings (SSSR count). The van der Waals surface area contributed by atoms with Gasteiger partial charge in [0.1, 0.15) is 11.1 Å². The minimum absolute atomic E-state index is 0.289. The Bertz CT molecular complexity index is 1020. The lowest BCUT2D eigenvalue weighted by atomic mass is 10.0. The molecule has 2 aromatic rings. The van der Waals surface area contributed by atoms with Crippen molar-refractivity contribution in [3.8, 4) is 6.07 Å². The van der Waals surface area contributed by atoms with Crippen molar-refractivity contribution in [2.24, 2.45) is 0 Å². The van der Waals surface area contributed by atoms with Crippen LogP contribution in [0.25, 0.3) is 6.08 Å². The molecule has 1 aliphatic heterocycles. The Morgan fingerprint density at radius 2 is 2.17 bits per heavy atom. The first kappa shape index (κ1) is 20.6. The zero-order valence-electron chi connectivity index (χ0n) is 16.7. The van der Waals surface area contributed by atoms with Crippen LogP contribution in [-0.4, -0.2) is 30.1 Å². The van der Waals surface area contributed by atoms with E-state index in [0.717, 1.165) is 27.1 Å².